The number of amides is 2. The summed E-state index contributed by atoms with van der Waals surface area (Å²) in [5.41, 5.74) is 1.20. The minimum Gasteiger partial charge on any atom is -0.467 e. The van der Waals surface area contributed by atoms with Gasteiger partial charge < -0.3 is 19.4 Å². The maximum atomic E-state index is 12.6. The van der Waals surface area contributed by atoms with Crippen molar-refractivity contribution in [2.24, 2.45) is 0 Å². The monoisotopic (exact) mass is 325 g/mol. The minimum absolute atomic E-state index is 0.0617. The van der Waals surface area contributed by atoms with Crippen LogP contribution in [0.5, 0.6) is 0 Å². The first-order chi connectivity index (χ1) is 11.7. The number of nitriles is 1. The minimum atomic E-state index is -0.216. The molecule has 124 valence electrons. The van der Waals surface area contributed by atoms with Crippen molar-refractivity contribution in [1.82, 2.24) is 4.90 Å². The average Bonchev–Trinajstić information content (AvgIpc) is 3.29. The van der Waals surface area contributed by atoms with E-state index in [0.29, 0.717) is 24.3 Å². The molecule has 2 aromatic rings. The number of nitrogens with one attached hydrogen (secondary N) is 1. The lowest BCUT2D eigenvalue weighted by atomic mass is 10.2. The molecule has 0 aliphatic carbocycles. The van der Waals surface area contributed by atoms with Gasteiger partial charge in [-0.2, -0.15) is 5.26 Å². The van der Waals surface area contributed by atoms with Gasteiger partial charge in [0.1, 0.15) is 5.76 Å². The second-order valence-corrected chi connectivity index (χ2v) is 5.71. The Labute approximate surface area is 140 Å². The molecule has 3 rings (SSSR count). The Morgan fingerprint density at radius 2 is 2.17 bits per heavy atom. The van der Waals surface area contributed by atoms with Crippen LogP contribution in [0.15, 0.2) is 47.1 Å². The Morgan fingerprint density at radius 1 is 1.33 bits per heavy atom. The van der Waals surface area contributed by atoms with E-state index in [0.717, 1.165) is 25.2 Å². The van der Waals surface area contributed by atoms with E-state index in [9.17, 15) is 4.79 Å². The van der Waals surface area contributed by atoms with Crippen LogP contribution in [0.2, 0.25) is 0 Å². The zero-order valence-electron chi connectivity index (χ0n) is 13.3. The van der Waals surface area contributed by atoms with Gasteiger partial charge in [-0.3, -0.25) is 0 Å². The molecule has 1 N–H and O–H groups in total. The highest BCUT2D eigenvalue weighted by molar-refractivity contribution is 5.89. The zero-order valence-corrected chi connectivity index (χ0v) is 13.3. The number of benzene rings is 1. The topological polar surface area (TPSA) is 78.5 Å². The molecule has 2 amide bonds. The molecule has 2 heterocycles. The first kappa shape index (κ1) is 16.1. The Hall–Kier alpha value is -2.78. The van der Waals surface area contributed by atoms with E-state index in [1.165, 1.54) is 0 Å². The van der Waals surface area contributed by atoms with Crippen LogP contribution < -0.4 is 5.32 Å². The number of rotatable bonds is 5. The number of carbonyl (C=O) groups excluding carboxylic acids is 1. The maximum Gasteiger partial charge on any atom is 0.322 e. The van der Waals surface area contributed by atoms with Gasteiger partial charge in [0.2, 0.25) is 0 Å². The van der Waals surface area contributed by atoms with E-state index in [1.54, 1.807) is 41.5 Å². The van der Waals surface area contributed by atoms with Gasteiger partial charge in [-0.05, 0) is 49.2 Å². The van der Waals surface area contributed by atoms with E-state index in [4.69, 9.17) is 14.4 Å². The maximum absolute atomic E-state index is 12.6. The molecular weight excluding hydrogens is 306 g/mol. The fourth-order valence-corrected chi connectivity index (χ4v) is 2.67. The molecule has 0 bridgehead atoms. The van der Waals surface area contributed by atoms with E-state index in [1.807, 2.05) is 6.07 Å². The molecule has 6 heteroatoms. The fraction of sp³-hybridized carbons (Fsp3) is 0.333. The summed E-state index contributed by atoms with van der Waals surface area (Å²) in [6, 6.07) is 12.3. The van der Waals surface area contributed by atoms with Gasteiger partial charge in [0.15, 0.2) is 0 Å². The van der Waals surface area contributed by atoms with Crippen molar-refractivity contribution in [2.45, 2.75) is 25.5 Å². The number of ether oxygens (including phenoxy) is 1. The van der Waals surface area contributed by atoms with Crippen LogP contribution in [0, 0.1) is 11.3 Å². The van der Waals surface area contributed by atoms with Crippen molar-refractivity contribution < 1.29 is 13.9 Å². The van der Waals surface area contributed by atoms with Crippen molar-refractivity contribution in [3.8, 4) is 6.07 Å². The number of furan rings is 1. The Bertz CT molecular complexity index is 698. The summed E-state index contributed by atoms with van der Waals surface area (Å²) in [4.78, 5) is 14.3. The van der Waals surface area contributed by atoms with E-state index >= 15 is 0 Å². The van der Waals surface area contributed by atoms with Crippen LogP contribution in [-0.2, 0) is 11.3 Å². The van der Waals surface area contributed by atoms with Crippen molar-refractivity contribution in [2.75, 3.05) is 18.5 Å². The smallest absolute Gasteiger partial charge is 0.322 e. The van der Waals surface area contributed by atoms with Crippen molar-refractivity contribution in [3.05, 3.63) is 54.0 Å². The number of hydrogen-bond donors (Lipinski definition) is 1. The number of anilines is 1. The first-order valence-corrected chi connectivity index (χ1v) is 7.94. The van der Waals surface area contributed by atoms with E-state index in [-0.39, 0.29) is 12.1 Å². The van der Waals surface area contributed by atoms with E-state index < -0.39 is 0 Å². The summed E-state index contributed by atoms with van der Waals surface area (Å²) in [6.45, 7) is 1.65. The highest BCUT2D eigenvalue weighted by Crippen LogP contribution is 2.17. The fourth-order valence-electron chi connectivity index (χ4n) is 2.67. The number of nitrogens with zero attached hydrogens (tertiary/aromatic N) is 2. The lowest BCUT2D eigenvalue weighted by molar-refractivity contribution is 0.0803. The predicted octanol–water partition coefficient (Wildman–Crippen LogP) is 3.36. The molecule has 1 saturated heterocycles. The predicted molar refractivity (Wildman–Crippen MR) is 88.3 cm³/mol. The van der Waals surface area contributed by atoms with Gasteiger partial charge in [-0.25, -0.2) is 4.79 Å². The van der Waals surface area contributed by atoms with Crippen LogP contribution in [0.1, 0.15) is 24.2 Å². The third-order valence-corrected chi connectivity index (χ3v) is 3.93. The molecule has 1 fully saturated rings. The summed E-state index contributed by atoms with van der Waals surface area (Å²) in [5.74, 6) is 0.725. The second-order valence-electron chi connectivity index (χ2n) is 5.71. The lowest BCUT2D eigenvalue weighted by Crippen LogP contribution is -2.39. The molecule has 1 aromatic carbocycles. The summed E-state index contributed by atoms with van der Waals surface area (Å²) in [7, 11) is 0. The molecule has 1 aliphatic heterocycles. The Kier molecular flexibility index (Phi) is 5.14. The molecule has 1 atom stereocenters. The van der Waals surface area contributed by atoms with Crippen LogP contribution in [0.3, 0.4) is 0 Å². The second kappa shape index (κ2) is 7.66. The van der Waals surface area contributed by atoms with Gasteiger partial charge in [0.25, 0.3) is 0 Å². The number of carbonyl (C=O) groups is 1. The molecule has 1 aromatic heterocycles. The molecule has 0 saturated carbocycles. The van der Waals surface area contributed by atoms with Gasteiger partial charge in [0, 0.05) is 18.8 Å². The largest absolute Gasteiger partial charge is 0.467 e. The summed E-state index contributed by atoms with van der Waals surface area (Å²) < 4.78 is 11.0. The Morgan fingerprint density at radius 3 is 2.79 bits per heavy atom. The zero-order chi connectivity index (χ0) is 16.8. The van der Waals surface area contributed by atoms with Crippen molar-refractivity contribution >= 4 is 11.7 Å². The average molecular weight is 325 g/mol. The molecule has 0 radical (unpaired) electrons. The number of hydrogen-bond acceptors (Lipinski definition) is 4. The quantitative estimate of drug-likeness (QED) is 0.914. The van der Waals surface area contributed by atoms with Crippen LogP contribution in [0.25, 0.3) is 0 Å². The van der Waals surface area contributed by atoms with Gasteiger partial charge in [-0.1, -0.05) is 0 Å². The van der Waals surface area contributed by atoms with Crippen molar-refractivity contribution in [3.63, 3.8) is 0 Å². The molecule has 0 spiro atoms. The van der Waals surface area contributed by atoms with Crippen LogP contribution in [0.4, 0.5) is 10.5 Å². The van der Waals surface area contributed by atoms with Crippen LogP contribution >= 0.6 is 0 Å². The molecule has 6 nitrogen and oxygen atoms in total. The summed E-state index contributed by atoms with van der Waals surface area (Å²) in [5, 5.41) is 11.7. The molecule has 1 unspecified atom stereocenters. The summed E-state index contributed by atoms with van der Waals surface area (Å²) >= 11 is 0. The van der Waals surface area contributed by atoms with Gasteiger partial charge >= 0.3 is 6.03 Å². The van der Waals surface area contributed by atoms with Gasteiger partial charge in [0.05, 0.1) is 30.5 Å². The van der Waals surface area contributed by atoms with Crippen molar-refractivity contribution in [1.29, 1.82) is 5.26 Å². The highest BCUT2D eigenvalue weighted by atomic mass is 16.5. The Balaban J connectivity index is 1.67. The standard InChI is InChI=1S/C18H19N3O3/c19-11-14-5-7-15(8-6-14)20-18(22)21(12-16-3-1-9-23-16)13-17-4-2-10-24-17/h1,3,5-9,17H,2,4,10,12-13H2,(H,20,22). The van der Waals surface area contributed by atoms with Gasteiger partial charge in [-0.15, -0.1) is 0 Å². The first-order valence-electron chi connectivity index (χ1n) is 7.94. The SMILES string of the molecule is N#Cc1ccc(NC(=O)N(Cc2ccco2)CC2CCCO2)cc1. The van der Waals surface area contributed by atoms with E-state index in [2.05, 4.69) is 11.4 Å². The molecule has 24 heavy (non-hydrogen) atoms. The third kappa shape index (κ3) is 4.15. The third-order valence-electron chi connectivity index (χ3n) is 3.93. The number of urea groups is 1. The lowest BCUT2D eigenvalue weighted by Gasteiger charge is -2.25. The molecule has 1 aliphatic rings. The van der Waals surface area contributed by atoms with Crippen LogP contribution in [-0.4, -0.2) is 30.2 Å². The molecular formula is C18H19N3O3. The highest BCUT2D eigenvalue weighted by Gasteiger charge is 2.23. The normalized spacial score (nSPS) is 16.5. The summed E-state index contributed by atoms with van der Waals surface area (Å²) in [6.07, 6.45) is 3.64.